The fourth-order valence-corrected chi connectivity index (χ4v) is 1.27. The van der Waals surface area contributed by atoms with Gasteiger partial charge in [0.15, 0.2) is 5.65 Å². The van der Waals surface area contributed by atoms with Crippen LogP contribution in [-0.4, -0.2) is 27.2 Å². The molecule has 15 heavy (non-hydrogen) atoms. The molecule has 0 bridgehead atoms. The maximum Gasteiger partial charge on any atom is 0.378 e. The SMILES string of the molecule is CCOC(=O)c1nc2cc(C)ccn2n1. The Hall–Kier alpha value is -1.91. The summed E-state index contributed by atoms with van der Waals surface area (Å²) in [4.78, 5) is 15.4. The van der Waals surface area contributed by atoms with E-state index in [4.69, 9.17) is 4.74 Å². The highest BCUT2D eigenvalue weighted by molar-refractivity contribution is 5.85. The largest absolute Gasteiger partial charge is 0.460 e. The molecule has 5 heteroatoms. The highest BCUT2D eigenvalue weighted by Crippen LogP contribution is 2.05. The number of carbonyl (C=O) groups excluding carboxylic acids is 1. The molecule has 0 aliphatic heterocycles. The number of rotatable bonds is 2. The standard InChI is InChI=1S/C10H11N3O2/c1-3-15-10(14)9-11-8-6-7(2)4-5-13(8)12-9/h4-6H,3H2,1-2H3. The Bertz CT molecular complexity index is 504. The molecule has 0 aromatic carbocycles. The predicted molar refractivity (Wildman–Crippen MR) is 53.7 cm³/mol. The van der Waals surface area contributed by atoms with E-state index in [0.717, 1.165) is 5.56 Å². The van der Waals surface area contributed by atoms with Crippen molar-refractivity contribution in [1.82, 2.24) is 14.6 Å². The van der Waals surface area contributed by atoms with Crippen molar-refractivity contribution in [3.63, 3.8) is 0 Å². The zero-order chi connectivity index (χ0) is 10.8. The minimum absolute atomic E-state index is 0.0995. The molecule has 2 aromatic heterocycles. The van der Waals surface area contributed by atoms with E-state index in [2.05, 4.69) is 10.1 Å². The third kappa shape index (κ3) is 1.81. The Labute approximate surface area is 86.7 Å². The molecule has 0 amide bonds. The molecule has 2 heterocycles. The average Bonchev–Trinajstić information content (AvgIpc) is 2.60. The number of hydrogen-bond acceptors (Lipinski definition) is 4. The zero-order valence-electron chi connectivity index (χ0n) is 8.60. The normalized spacial score (nSPS) is 10.5. The van der Waals surface area contributed by atoms with Crippen molar-refractivity contribution in [2.75, 3.05) is 6.61 Å². The van der Waals surface area contributed by atoms with E-state index in [9.17, 15) is 4.79 Å². The van der Waals surface area contributed by atoms with Gasteiger partial charge in [-0.15, -0.1) is 5.10 Å². The molecule has 0 N–H and O–H groups in total. The van der Waals surface area contributed by atoms with Crippen molar-refractivity contribution < 1.29 is 9.53 Å². The second-order valence-corrected chi connectivity index (χ2v) is 3.16. The van der Waals surface area contributed by atoms with Gasteiger partial charge < -0.3 is 4.74 Å². The lowest BCUT2D eigenvalue weighted by molar-refractivity contribution is 0.0512. The first-order valence-corrected chi connectivity index (χ1v) is 4.71. The molecule has 78 valence electrons. The van der Waals surface area contributed by atoms with Crippen LogP contribution in [0.1, 0.15) is 23.1 Å². The fraction of sp³-hybridized carbons (Fsp3) is 0.300. The van der Waals surface area contributed by atoms with Crippen molar-refractivity contribution in [3.05, 3.63) is 29.7 Å². The molecule has 0 atom stereocenters. The topological polar surface area (TPSA) is 56.5 Å². The van der Waals surface area contributed by atoms with Gasteiger partial charge in [0.25, 0.3) is 5.82 Å². The van der Waals surface area contributed by atoms with Gasteiger partial charge in [0.1, 0.15) is 0 Å². The third-order valence-electron chi connectivity index (χ3n) is 1.95. The van der Waals surface area contributed by atoms with Gasteiger partial charge in [0, 0.05) is 6.20 Å². The smallest absolute Gasteiger partial charge is 0.378 e. The molecule has 0 aliphatic rings. The predicted octanol–water partition coefficient (Wildman–Crippen LogP) is 1.21. The van der Waals surface area contributed by atoms with E-state index in [1.807, 2.05) is 19.1 Å². The zero-order valence-corrected chi connectivity index (χ0v) is 8.60. The maximum atomic E-state index is 11.3. The molecule has 2 rings (SSSR count). The van der Waals surface area contributed by atoms with E-state index >= 15 is 0 Å². The minimum atomic E-state index is -0.487. The molecular weight excluding hydrogens is 194 g/mol. The maximum absolute atomic E-state index is 11.3. The highest BCUT2D eigenvalue weighted by atomic mass is 16.5. The van der Waals surface area contributed by atoms with Crippen LogP contribution < -0.4 is 0 Å². The average molecular weight is 205 g/mol. The van der Waals surface area contributed by atoms with E-state index in [0.29, 0.717) is 12.3 Å². The molecule has 0 fully saturated rings. The first kappa shape index (κ1) is 9.64. The number of fused-ring (bicyclic) bond motifs is 1. The number of hydrogen-bond donors (Lipinski definition) is 0. The van der Waals surface area contributed by atoms with Crippen molar-refractivity contribution in [3.8, 4) is 0 Å². The summed E-state index contributed by atoms with van der Waals surface area (Å²) in [6, 6.07) is 3.76. The summed E-state index contributed by atoms with van der Waals surface area (Å²) in [5, 5.41) is 4.00. The number of nitrogens with zero attached hydrogens (tertiary/aromatic N) is 3. The van der Waals surface area contributed by atoms with Gasteiger partial charge in [-0.3, -0.25) is 0 Å². The summed E-state index contributed by atoms with van der Waals surface area (Å²) in [5.74, 6) is -0.388. The van der Waals surface area contributed by atoms with Crippen molar-refractivity contribution in [1.29, 1.82) is 0 Å². The Kier molecular flexibility index (Phi) is 2.37. The lowest BCUT2D eigenvalue weighted by atomic mass is 10.3. The van der Waals surface area contributed by atoms with Crippen molar-refractivity contribution in [2.45, 2.75) is 13.8 Å². The number of pyridine rings is 1. The number of esters is 1. The van der Waals surface area contributed by atoms with Gasteiger partial charge in [-0.25, -0.2) is 14.3 Å². The second kappa shape index (κ2) is 3.68. The summed E-state index contributed by atoms with van der Waals surface area (Å²) >= 11 is 0. The van der Waals surface area contributed by atoms with Crippen LogP contribution in [0.4, 0.5) is 0 Å². The van der Waals surface area contributed by atoms with Gasteiger partial charge in [0.05, 0.1) is 6.61 Å². The Balaban J connectivity index is 2.42. The summed E-state index contributed by atoms with van der Waals surface area (Å²) in [7, 11) is 0. The van der Waals surface area contributed by atoms with Crippen LogP contribution in [0.15, 0.2) is 18.3 Å². The number of aromatic nitrogens is 3. The Morgan fingerprint density at radius 1 is 1.60 bits per heavy atom. The molecule has 0 unspecified atom stereocenters. The lowest BCUT2D eigenvalue weighted by Crippen LogP contribution is -2.06. The van der Waals surface area contributed by atoms with Gasteiger partial charge in [0.2, 0.25) is 0 Å². The molecule has 2 aromatic rings. The third-order valence-corrected chi connectivity index (χ3v) is 1.95. The van der Waals surface area contributed by atoms with Gasteiger partial charge in [-0.1, -0.05) is 0 Å². The molecule has 0 saturated heterocycles. The fourth-order valence-electron chi connectivity index (χ4n) is 1.27. The van der Waals surface area contributed by atoms with Gasteiger partial charge in [-0.2, -0.15) is 0 Å². The van der Waals surface area contributed by atoms with Crippen molar-refractivity contribution in [2.24, 2.45) is 0 Å². The number of aryl methyl sites for hydroxylation is 1. The Morgan fingerprint density at radius 3 is 3.13 bits per heavy atom. The molecule has 0 saturated carbocycles. The first-order valence-electron chi connectivity index (χ1n) is 4.71. The molecule has 5 nitrogen and oxygen atoms in total. The first-order chi connectivity index (χ1) is 7.20. The minimum Gasteiger partial charge on any atom is -0.460 e. The number of carbonyl (C=O) groups is 1. The van der Waals surface area contributed by atoms with E-state index in [1.165, 1.54) is 0 Å². The van der Waals surface area contributed by atoms with E-state index in [-0.39, 0.29) is 5.82 Å². The van der Waals surface area contributed by atoms with Crippen molar-refractivity contribution >= 4 is 11.6 Å². The van der Waals surface area contributed by atoms with E-state index < -0.39 is 5.97 Å². The van der Waals surface area contributed by atoms with Crippen LogP contribution >= 0.6 is 0 Å². The summed E-state index contributed by atoms with van der Waals surface area (Å²) in [5.41, 5.74) is 1.73. The van der Waals surface area contributed by atoms with Crippen LogP contribution in [0.25, 0.3) is 5.65 Å². The van der Waals surface area contributed by atoms with Crippen LogP contribution in [0.2, 0.25) is 0 Å². The second-order valence-electron chi connectivity index (χ2n) is 3.16. The van der Waals surface area contributed by atoms with Gasteiger partial charge in [-0.05, 0) is 31.5 Å². The summed E-state index contributed by atoms with van der Waals surface area (Å²) in [6.07, 6.45) is 1.76. The molecule has 0 aliphatic carbocycles. The summed E-state index contributed by atoms with van der Waals surface area (Å²) < 4.78 is 6.37. The quantitative estimate of drug-likeness (QED) is 0.691. The molecule has 0 radical (unpaired) electrons. The van der Waals surface area contributed by atoms with Gasteiger partial charge >= 0.3 is 5.97 Å². The van der Waals surface area contributed by atoms with Crippen LogP contribution in [0, 0.1) is 6.92 Å². The summed E-state index contributed by atoms with van der Waals surface area (Å²) in [6.45, 7) is 4.03. The lowest BCUT2D eigenvalue weighted by Gasteiger charge is -1.93. The van der Waals surface area contributed by atoms with Crippen LogP contribution in [0.3, 0.4) is 0 Å². The monoisotopic (exact) mass is 205 g/mol. The van der Waals surface area contributed by atoms with Crippen LogP contribution in [-0.2, 0) is 4.74 Å². The molecule has 0 spiro atoms. The van der Waals surface area contributed by atoms with E-state index in [1.54, 1.807) is 17.6 Å². The Morgan fingerprint density at radius 2 is 2.40 bits per heavy atom. The number of ether oxygens (including phenoxy) is 1. The van der Waals surface area contributed by atoms with Crippen LogP contribution in [0.5, 0.6) is 0 Å². The highest BCUT2D eigenvalue weighted by Gasteiger charge is 2.13. The molecular formula is C10H11N3O2.